The second kappa shape index (κ2) is 10.4. The molecular formula is C20H28ClN5O2. The number of hydrogen-bond donors (Lipinski definition) is 3. The number of carbonyl (C=O) groups is 1. The highest BCUT2D eigenvalue weighted by molar-refractivity contribution is 5.95. The maximum absolute atomic E-state index is 12.7. The quantitative estimate of drug-likeness (QED) is 0.656. The normalized spacial score (nSPS) is 15.4. The van der Waals surface area contributed by atoms with Crippen LogP contribution in [-0.4, -0.2) is 49.5 Å². The summed E-state index contributed by atoms with van der Waals surface area (Å²) in [7, 11) is 1.72. The summed E-state index contributed by atoms with van der Waals surface area (Å²) >= 11 is 0. The molecule has 1 amide bonds. The molecule has 2 aromatic rings. The number of anilines is 2. The smallest absolute Gasteiger partial charge is 0.251 e. The van der Waals surface area contributed by atoms with Gasteiger partial charge in [-0.2, -0.15) is 5.10 Å². The van der Waals surface area contributed by atoms with Gasteiger partial charge in [-0.05, 0) is 63.2 Å². The SMILES string of the molecule is COCC1(CNC(=O)c2cccc(Nc3ccc(C)nn3)c2)CCNCC1.Cl. The van der Waals surface area contributed by atoms with Gasteiger partial charge in [0, 0.05) is 30.3 Å². The standard InChI is InChI=1S/C20H27N5O2.ClH/c1-15-6-7-18(25-24-15)23-17-5-3-4-16(12-17)19(26)22-13-20(14-27-2)8-10-21-11-9-20;/h3-7,12,21H,8-11,13-14H2,1-2H3,(H,22,26)(H,23,25);1H. The Kier molecular flexibility index (Phi) is 8.17. The number of methoxy groups -OCH3 is 1. The maximum Gasteiger partial charge on any atom is 0.251 e. The topological polar surface area (TPSA) is 88.2 Å². The van der Waals surface area contributed by atoms with Gasteiger partial charge in [0.25, 0.3) is 5.91 Å². The number of hydrogen-bond acceptors (Lipinski definition) is 6. The fourth-order valence-corrected chi connectivity index (χ4v) is 3.36. The Balaban J connectivity index is 0.00000280. The van der Waals surface area contributed by atoms with E-state index in [-0.39, 0.29) is 23.7 Å². The van der Waals surface area contributed by atoms with Crippen molar-refractivity contribution >= 4 is 29.8 Å². The van der Waals surface area contributed by atoms with Crippen LogP contribution in [0.5, 0.6) is 0 Å². The fraction of sp³-hybridized carbons (Fsp3) is 0.450. The van der Waals surface area contributed by atoms with Gasteiger partial charge in [0.1, 0.15) is 0 Å². The molecular weight excluding hydrogens is 378 g/mol. The van der Waals surface area contributed by atoms with Crippen LogP contribution in [0.2, 0.25) is 0 Å². The Labute approximate surface area is 172 Å². The number of benzene rings is 1. The maximum atomic E-state index is 12.7. The molecule has 0 saturated carbocycles. The van der Waals surface area contributed by atoms with Crippen molar-refractivity contribution in [2.45, 2.75) is 19.8 Å². The lowest BCUT2D eigenvalue weighted by atomic mass is 9.79. The number of amides is 1. The monoisotopic (exact) mass is 405 g/mol. The molecule has 1 aromatic heterocycles. The van der Waals surface area contributed by atoms with Gasteiger partial charge in [-0.25, -0.2) is 0 Å². The Morgan fingerprint density at radius 2 is 2.00 bits per heavy atom. The first-order valence-electron chi connectivity index (χ1n) is 9.26. The van der Waals surface area contributed by atoms with Crippen LogP contribution in [0.3, 0.4) is 0 Å². The largest absolute Gasteiger partial charge is 0.384 e. The minimum Gasteiger partial charge on any atom is -0.384 e. The zero-order chi connectivity index (χ0) is 19.1. The molecule has 1 fully saturated rings. The molecule has 0 radical (unpaired) electrons. The third-order valence-electron chi connectivity index (χ3n) is 4.93. The van der Waals surface area contributed by atoms with Crippen molar-refractivity contribution in [1.29, 1.82) is 0 Å². The fourth-order valence-electron chi connectivity index (χ4n) is 3.36. The van der Waals surface area contributed by atoms with E-state index in [1.165, 1.54) is 0 Å². The van der Waals surface area contributed by atoms with E-state index in [1.807, 2.05) is 43.3 Å². The number of carbonyl (C=O) groups excluding carboxylic acids is 1. The molecule has 3 N–H and O–H groups in total. The van der Waals surface area contributed by atoms with Crippen molar-refractivity contribution in [2.24, 2.45) is 5.41 Å². The molecule has 0 spiro atoms. The minimum absolute atomic E-state index is 0. The molecule has 0 aliphatic carbocycles. The number of nitrogens with one attached hydrogen (secondary N) is 3. The summed E-state index contributed by atoms with van der Waals surface area (Å²) in [6, 6.07) is 11.1. The van der Waals surface area contributed by atoms with Crippen LogP contribution in [0.15, 0.2) is 36.4 Å². The molecule has 0 unspecified atom stereocenters. The van der Waals surface area contributed by atoms with E-state index < -0.39 is 0 Å². The third-order valence-corrected chi connectivity index (χ3v) is 4.93. The highest BCUT2D eigenvalue weighted by atomic mass is 35.5. The molecule has 152 valence electrons. The van der Waals surface area contributed by atoms with E-state index in [4.69, 9.17) is 4.74 Å². The summed E-state index contributed by atoms with van der Waals surface area (Å²) < 4.78 is 5.41. The van der Waals surface area contributed by atoms with E-state index in [0.717, 1.165) is 37.3 Å². The highest BCUT2D eigenvalue weighted by Crippen LogP contribution is 2.28. The molecule has 1 saturated heterocycles. The number of nitrogens with zero attached hydrogens (tertiary/aromatic N) is 2. The molecule has 0 atom stereocenters. The van der Waals surface area contributed by atoms with Gasteiger partial charge in [0.15, 0.2) is 5.82 Å². The van der Waals surface area contributed by atoms with Gasteiger partial charge in [-0.1, -0.05) is 6.07 Å². The first-order valence-corrected chi connectivity index (χ1v) is 9.26. The molecule has 8 heteroatoms. The predicted octanol–water partition coefficient (Wildman–Crippen LogP) is 2.70. The van der Waals surface area contributed by atoms with Gasteiger partial charge >= 0.3 is 0 Å². The van der Waals surface area contributed by atoms with Crippen LogP contribution in [-0.2, 0) is 4.74 Å². The van der Waals surface area contributed by atoms with Crippen LogP contribution < -0.4 is 16.0 Å². The lowest BCUT2D eigenvalue weighted by molar-refractivity contribution is 0.0512. The van der Waals surface area contributed by atoms with E-state index in [2.05, 4.69) is 26.1 Å². The molecule has 7 nitrogen and oxygen atoms in total. The minimum atomic E-state index is -0.0809. The Hall–Kier alpha value is -2.22. The van der Waals surface area contributed by atoms with Crippen LogP contribution in [0.25, 0.3) is 0 Å². The number of ether oxygens (including phenoxy) is 1. The number of halogens is 1. The molecule has 1 aliphatic heterocycles. The summed E-state index contributed by atoms with van der Waals surface area (Å²) in [6.45, 7) is 5.07. The van der Waals surface area contributed by atoms with Crippen LogP contribution in [0, 0.1) is 12.3 Å². The van der Waals surface area contributed by atoms with Crippen LogP contribution >= 0.6 is 12.4 Å². The highest BCUT2D eigenvalue weighted by Gasteiger charge is 2.32. The van der Waals surface area contributed by atoms with Gasteiger partial charge in [0.05, 0.1) is 12.3 Å². The molecule has 0 bridgehead atoms. The average molecular weight is 406 g/mol. The van der Waals surface area contributed by atoms with E-state index in [1.54, 1.807) is 7.11 Å². The second-order valence-electron chi connectivity index (χ2n) is 7.13. The molecule has 28 heavy (non-hydrogen) atoms. The van der Waals surface area contributed by atoms with Gasteiger partial charge in [-0.3, -0.25) is 4.79 Å². The number of piperidine rings is 1. The zero-order valence-corrected chi connectivity index (χ0v) is 17.1. The number of rotatable bonds is 7. The predicted molar refractivity (Wildman–Crippen MR) is 112 cm³/mol. The van der Waals surface area contributed by atoms with Gasteiger partial charge in [-0.15, -0.1) is 17.5 Å². The molecule has 1 aromatic carbocycles. The van der Waals surface area contributed by atoms with Crippen LogP contribution in [0.4, 0.5) is 11.5 Å². The van der Waals surface area contributed by atoms with Crippen molar-refractivity contribution < 1.29 is 9.53 Å². The summed E-state index contributed by atoms with van der Waals surface area (Å²) in [5.74, 6) is 0.564. The first-order chi connectivity index (χ1) is 13.1. The lowest BCUT2D eigenvalue weighted by Crippen LogP contribution is -2.47. The Morgan fingerprint density at radius 1 is 1.21 bits per heavy atom. The van der Waals surface area contributed by atoms with E-state index >= 15 is 0 Å². The summed E-state index contributed by atoms with van der Waals surface area (Å²) in [4.78, 5) is 12.7. The molecule has 1 aliphatic rings. The van der Waals surface area contributed by atoms with Gasteiger partial charge in [0.2, 0.25) is 0 Å². The molecule has 3 rings (SSSR count). The first kappa shape index (κ1) is 22.1. The number of aromatic nitrogens is 2. The van der Waals surface area contributed by atoms with E-state index in [0.29, 0.717) is 24.5 Å². The number of aryl methyl sites for hydroxylation is 1. The van der Waals surface area contributed by atoms with Crippen LogP contribution in [0.1, 0.15) is 28.9 Å². The second-order valence-corrected chi connectivity index (χ2v) is 7.13. The van der Waals surface area contributed by atoms with Crippen molar-refractivity contribution in [1.82, 2.24) is 20.8 Å². The van der Waals surface area contributed by atoms with Crippen molar-refractivity contribution in [3.8, 4) is 0 Å². The third kappa shape index (κ3) is 5.89. The zero-order valence-electron chi connectivity index (χ0n) is 16.3. The van der Waals surface area contributed by atoms with Crippen molar-refractivity contribution in [3.63, 3.8) is 0 Å². The average Bonchev–Trinajstić information content (AvgIpc) is 2.69. The summed E-state index contributed by atoms with van der Waals surface area (Å²) in [6.07, 6.45) is 1.99. The molecule has 2 heterocycles. The Morgan fingerprint density at radius 3 is 2.68 bits per heavy atom. The van der Waals surface area contributed by atoms with E-state index in [9.17, 15) is 4.79 Å². The van der Waals surface area contributed by atoms with Gasteiger partial charge < -0.3 is 20.7 Å². The Bertz CT molecular complexity index is 758. The summed E-state index contributed by atoms with van der Waals surface area (Å²) in [5.41, 5.74) is 2.27. The van der Waals surface area contributed by atoms with Crippen molar-refractivity contribution in [3.05, 3.63) is 47.7 Å². The van der Waals surface area contributed by atoms with Crippen molar-refractivity contribution in [2.75, 3.05) is 38.7 Å². The lowest BCUT2D eigenvalue weighted by Gasteiger charge is -2.37. The summed E-state index contributed by atoms with van der Waals surface area (Å²) in [5, 5.41) is 17.8.